The highest BCUT2D eigenvalue weighted by molar-refractivity contribution is 6.35. The van der Waals surface area contributed by atoms with Crippen LogP contribution < -0.4 is 10.6 Å². The third kappa shape index (κ3) is 2.46. The van der Waals surface area contributed by atoms with Crippen LogP contribution in [0.3, 0.4) is 0 Å². The van der Waals surface area contributed by atoms with Gasteiger partial charge < -0.3 is 10.1 Å². The summed E-state index contributed by atoms with van der Waals surface area (Å²) < 4.78 is 5.21. The fraction of sp³-hybridized carbons (Fsp3) is 0.467. The first kappa shape index (κ1) is 14.2. The topological polar surface area (TPSA) is 67.4 Å². The second kappa shape index (κ2) is 4.37. The number of carbonyl (C=O) groups excluding carboxylic acids is 2. The largest absolute Gasteiger partial charge is 0.444 e. The van der Waals surface area contributed by atoms with Crippen LogP contribution in [-0.4, -0.2) is 17.6 Å². The molecule has 1 aromatic rings. The molecule has 1 aromatic carbocycles. The van der Waals surface area contributed by atoms with Crippen molar-refractivity contribution in [3.63, 3.8) is 0 Å². The Balaban J connectivity index is 1.87. The molecule has 1 fully saturated rings. The molecule has 1 aliphatic heterocycles. The van der Waals surface area contributed by atoms with Gasteiger partial charge in [0.15, 0.2) is 0 Å². The van der Waals surface area contributed by atoms with Crippen LogP contribution in [0, 0.1) is 0 Å². The van der Waals surface area contributed by atoms with Gasteiger partial charge in [0.05, 0.1) is 16.1 Å². The molecule has 2 aliphatic rings. The van der Waals surface area contributed by atoms with Crippen LogP contribution in [0.5, 0.6) is 0 Å². The summed E-state index contributed by atoms with van der Waals surface area (Å²) >= 11 is 6.20. The maximum Gasteiger partial charge on any atom is 0.412 e. The molecule has 21 heavy (non-hydrogen) atoms. The number of hydrogen-bond donors (Lipinski definition) is 2. The van der Waals surface area contributed by atoms with Crippen molar-refractivity contribution in [2.24, 2.45) is 0 Å². The Hall–Kier alpha value is -1.75. The Morgan fingerprint density at radius 3 is 2.62 bits per heavy atom. The SMILES string of the molecule is CC(C)(C)OC(=O)Nc1cc(Cl)c2c(c1)C1(CC1)C(=O)N2. The van der Waals surface area contributed by atoms with Crippen molar-refractivity contribution in [1.29, 1.82) is 0 Å². The van der Waals surface area contributed by atoms with E-state index in [-0.39, 0.29) is 5.91 Å². The molecule has 1 aliphatic carbocycles. The lowest BCUT2D eigenvalue weighted by atomic mass is 9.97. The zero-order valence-corrected chi connectivity index (χ0v) is 12.9. The normalized spacial score (nSPS) is 18.2. The molecule has 0 aromatic heterocycles. The van der Waals surface area contributed by atoms with E-state index in [0.29, 0.717) is 16.4 Å². The number of benzene rings is 1. The molecule has 0 bridgehead atoms. The minimum Gasteiger partial charge on any atom is -0.444 e. The highest BCUT2D eigenvalue weighted by Crippen LogP contribution is 2.57. The monoisotopic (exact) mass is 308 g/mol. The number of fused-ring (bicyclic) bond motifs is 2. The number of amides is 2. The van der Waals surface area contributed by atoms with Crippen molar-refractivity contribution in [2.75, 3.05) is 10.6 Å². The van der Waals surface area contributed by atoms with Gasteiger partial charge in [0.2, 0.25) is 5.91 Å². The number of anilines is 2. The van der Waals surface area contributed by atoms with E-state index in [1.54, 1.807) is 32.9 Å². The first-order chi connectivity index (χ1) is 9.71. The van der Waals surface area contributed by atoms with Crippen LogP contribution in [0.15, 0.2) is 12.1 Å². The van der Waals surface area contributed by atoms with E-state index in [2.05, 4.69) is 10.6 Å². The zero-order chi connectivity index (χ0) is 15.4. The average Bonchev–Trinajstić information content (AvgIpc) is 3.05. The standard InChI is InChI=1S/C15H17ClN2O3/c1-14(2,3)21-13(20)17-8-6-9-11(10(16)7-8)18-12(19)15(9)4-5-15/h6-7H,4-5H2,1-3H3,(H,17,20)(H,18,19). The Kier molecular flexibility index (Phi) is 2.95. The molecule has 6 heteroatoms. The van der Waals surface area contributed by atoms with Gasteiger partial charge in [-0.1, -0.05) is 11.6 Å². The van der Waals surface area contributed by atoms with E-state index < -0.39 is 17.1 Å². The molecule has 1 heterocycles. The van der Waals surface area contributed by atoms with Crippen molar-refractivity contribution in [3.8, 4) is 0 Å². The summed E-state index contributed by atoms with van der Waals surface area (Å²) in [5.41, 5.74) is 1.06. The van der Waals surface area contributed by atoms with Crippen LogP contribution in [0.2, 0.25) is 5.02 Å². The van der Waals surface area contributed by atoms with Gasteiger partial charge in [0.25, 0.3) is 0 Å². The molecule has 1 spiro atoms. The molecule has 0 saturated heterocycles. The second-order valence-corrected chi connectivity index (χ2v) is 6.95. The third-order valence-corrected chi connectivity index (χ3v) is 3.97. The van der Waals surface area contributed by atoms with Gasteiger partial charge in [0, 0.05) is 5.69 Å². The summed E-state index contributed by atoms with van der Waals surface area (Å²) in [6.45, 7) is 5.39. The fourth-order valence-electron chi connectivity index (χ4n) is 2.58. The smallest absolute Gasteiger partial charge is 0.412 e. The van der Waals surface area contributed by atoms with Gasteiger partial charge in [-0.3, -0.25) is 10.1 Å². The van der Waals surface area contributed by atoms with Gasteiger partial charge in [-0.2, -0.15) is 0 Å². The summed E-state index contributed by atoms with van der Waals surface area (Å²) in [7, 11) is 0. The van der Waals surface area contributed by atoms with E-state index in [0.717, 1.165) is 18.4 Å². The van der Waals surface area contributed by atoms with Crippen molar-refractivity contribution >= 4 is 35.0 Å². The fourth-order valence-corrected chi connectivity index (χ4v) is 2.85. The van der Waals surface area contributed by atoms with E-state index in [1.807, 2.05) is 0 Å². The summed E-state index contributed by atoms with van der Waals surface area (Å²) in [4.78, 5) is 23.8. The average molecular weight is 309 g/mol. The maximum absolute atomic E-state index is 12.0. The summed E-state index contributed by atoms with van der Waals surface area (Å²) in [5.74, 6) is -0.00572. The molecule has 0 atom stereocenters. The zero-order valence-electron chi connectivity index (χ0n) is 12.2. The number of halogens is 1. The molecule has 0 unspecified atom stereocenters. The van der Waals surface area contributed by atoms with Gasteiger partial charge in [-0.05, 0) is 51.3 Å². The van der Waals surface area contributed by atoms with Gasteiger partial charge in [-0.15, -0.1) is 0 Å². The quantitative estimate of drug-likeness (QED) is 0.831. The molecule has 2 N–H and O–H groups in total. The van der Waals surface area contributed by atoms with Crippen LogP contribution in [0.25, 0.3) is 0 Å². The summed E-state index contributed by atoms with van der Waals surface area (Å²) in [6.07, 6.45) is 1.09. The predicted molar refractivity (Wildman–Crippen MR) is 80.9 cm³/mol. The first-order valence-corrected chi connectivity index (χ1v) is 7.25. The third-order valence-electron chi connectivity index (χ3n) is 3.67. The number of carbonyl (C=O) groups is 2. The van der Waals surface area contributed by atoms with E-state index in [9.17, 15) is 9.59 Å². The minimum atomic E-state index is -0.570. The van der Waals surface area contributed by atoms with Gasteiger partial charge in [-0.25, -0.2) is 4.79 Å². The van der Waals surface area contributed by atoms with Crippen molar-refractivity contribution in [2.45, 2.75) is 44.6 Å². The van der Waals surface area contributed by atoms with Crippen LogP contribution >= 0.6 is 11.6 Å². The van der Waals surface area contributed by atoms with Crippen molar-refractivity contribution in [1.82, 2.24) is 0 Å². The van der Waals surface area contributed by atoms with Crippen molar-refractivity contribution in [3.05, 3.63) is 22.7 Å². The highest BCUT2D eigenvalue weighted by Gasteiger charge is 2.56. The lowest BCUT2D eigenvalue weighted by Gasteiger charge is -2.20. The number of nitrogens with one attached hydrogen (secondary N) is 2. The maximum atomic E-state index is 12.0. The Bertz CT molecular complexity index is 645. The number of ether oxygens (including phenoxy) is 1. The highest BCUT2D eigenvalue weighted by atomic mass is 35.5. The van der Waals surface area contributed by atoms with E-state index in [1.165, 1.54) is 0 Å². The predicted octanol–water partition coefficient (Wildman–Crippen LogP) is 3.67. The molecular formula is C15H17ClN2O3. The molecule has 3 rings (SSSR count). The van der Waals surface area contributed by atoms with Gasteiger partial charge in [0.1, 0.15) is 5.60 Å². The van der Waals surface area contributed by atoms with E-state index >= 15 is 0 Å². The van der Waals surface area contributed by atoms with Crippen LogP contribution in [0.1, 0.15) is 39.2 Å². The molecule has 112 valence electrons. The van der Waals surface area contributed by atoms with E-state index in [4.69, 9.17) is 16.3 Å². The second-order valence-electron chi connectivity index (χ2n) is 6.54. The lowest BCUT2D eigenvalue weighted by molar-refractivity contribution is -0.117. The molecule has 0 radical (unpaired) electrons. The minimum absolute atomic E-state index is 0.00572. The Morgan fingerprint density at radius 2 is 2.05 bits per heavy atom. The van der Waals surface area contributed by atoms with Crippen LogP contribution in [0.4, 0.5) is 16.2 Å². The summed E-state index contributed by atoms with van der Waals surface area (Å²) in [6, 6.07) is 3.42. The molecule has 1 saturated carbocycles. The molecular weight excluding hydrogens is 292 g/mol. The molecule has 2 amide bonds. The number of rotatable bonds is 1. The van der Waals surface area contributed by atoms with Crippen LogP contribution in [-0.2, 0) is 14.9 Å². The van der Waals surface area contributed by atoms with Gasteiger partial charge >= 0.3 is 6.09 Å². The lowest BCUT2D eigenvalue weighted by Crippen LogP contribution is -2.27. The first-order valence-electron chi connectivity index (χ1n) is 6.87. The Morgan fingerprint density at radius 1 is 1.38 bits per heavy atom. The molecule has 5 nitrogen and oxygen atoms in total. The van der Waals surface area contributed by atoms with Crippen molar-refractivity contribution < 1.29 is 14.3 Å². The Labute approximate surface area is 128 Å². The summed E-state index contributed by atoms with van der Waals surface area (Å²) in [5, 5.41) is 5.91. The number of hydrogen-bond acceptors (Lipinski definition) is 3.